The van der Waals surface area contributed by atoms with Crippen LogP contribution in [0.2, 0.25) is 0 Å². The summed E-state index contributed by atoms with van der Waals surface area (Å²) < 4.78 is 22.1. The molecule has 1 aliphatic rings. The first-order valence-electron chi connectivity index (χ1n) is 9.21. The Labute approximate surface area is 161 Å². The smallest absolute Gasteiger partial charge is 0.161 e. The van der Waals surface area contributed by atoms with E-state index in [0.29, 0.717) is 11.8 Å². The molecular weight excluding hydrogens is 340 g/mol. The number of hydrogen-bond donors (Lipinski definition) is 0. The fraction of sp³-hybridized carbons (Fsp3) is 0.391. The molecule has 0 aromatic heterocycles. The van der Waals surface area contributed by atoms with Crippen LogP contribution in [0.25, 0.3) is 12.2 Å². The summed E-state index contributed by atoms with van der Waals surface area (Å²) in [5.74, 6) is 3.84. The summed E-state index contributed by atoms with van der Waals surface area (Å²) >= 11 is 0. The maximum Gasteiger partial charge on any atom is 0.161 e. The summed E-state index contributed by atoms with van der Waals surface area (Å²) in [6.07, 6.45) is 5.20. The first-order valence-corrected chi connectivity index (χ1v) is 9.21. The first kappa shape index (κ1) is 19.2. The second-order valence-electron chi connectivity index (χ2n) is 7.13. The van der Waals surface area contributed by atoms with Crippen LogP contribution in [0.4, 0.5) is 0 Å². The second kappa shape index (κ2) is 7.95. The summed E-state index contributed by atoms with van der Waals surface area (Å²) in [6.45, 7) is 4.52. The van der Waals surface area contributed by atoms with E-state index >= 15 is 0 Å². The molecule has 0 radical (unpaired) electrons. The fourth-order valence-corrected chi connectivity index (χ4v) is 3.77. The third-order valence-corrected chi connectivity index (χ3v) is 5.32. The zero-order chi connectivity index (χ0) is 19.6. The zero-order valence-electron chi connectivity index (χ0n) is 17.0. The molecule has 0 heterocycles. The number of hydrogen-bond acceptors (Lipinski definition) is 4. The van der Waals surface area contributed by atoms with E-state index in [-0.39, 0.29) is 0 Å². The Morgan fingerprint density at radius 2 is 1.19 bits per heavy atom. The standard InChI is InChI=1S/C23H28O4/c1-14(2)18-9-17-12-22(26-5)20(24-3)10-15(17)7-8-16-11-21(25-4)23(27-6)13-19(16)18/h7-8,10-14,18H,9H2,1-6H3. The molecule has 27 heavy (non-hydrogen) atoms. The average Bonchev–Trinajstić information content (AvgIpc) is 2.67. The van der Waals surface area contributed by atoms with Crippen molar-refractivity contribution in [2.45, 2.75) is 26.2 Å². The van der Waals surface area contributed by atoms with E-state index in [4.69, 9.17) is 18.9 Å². The Hall–Kier alpha value is -2.62. The second-order valence-corrected chi connectivity index (χ2v) is 7.13. The molecule has 3 rings (SSSR count). The highest BCUT2D eigenvalue weighted by Gasteiger charge is 2.25. The van der Waals surface area contributed by atoms with Crippen molar-refractivity contribution in [3.05, 3.63) is 46.5 Å². The van der Waals surface area contributed by atoms with Gasteiger partial charge in [0.15, 0.2) is 23.0 Å². The van der Waals surface area contributed by atoms with Gasteiger partial charge in [-0.3, -0.25) is 0 Å². The van der Waals surface area contributed by atoms with Crippen molar-refractivity contribution in [3.63, 3.8) is 0 Å². The lowest BCUT2D eigenvalue weighted by molar-refractivity contribution is 0.352. The highest BCUT2D eigenvalue weighted by Crippen LogP contribution is 2.42. The summed E-state index contributed by atoms with van der Waals surface area (Å²) in [7, 11) is 6.69. The van der Waals surface area contributed by atoms with Crippen molar-refractivity contribution in [1.29, 1.82) is 0 Å². The van der Waals surface area contributed by atoms with Gasteiger partial charge in [-0.15, -0.1) is 0 Å². The number of rotatable bonds is 5. The van der Waals surface area contributed by atoms with Gasteiger partial charge in [0.2, 0.25) is 0 Å². The zero-order valence-corrected chi connectivity index (χ0v) is 17.0. The van der Waals surface area contributed by atoms with Gasteiger partial charge in [-0.1, -0.05) is 26.0 Å². The van der Waals surface area contributed by atoms with Crippen LogP contribution in [0.5, 0.6) is 23.0 Å². The van der Waals surface area contributed by atoms with Gasteiger partial charge in [0.1, 0.15) is 0 Å². The molecule has 0 amide bonds. The van der Waals surface area contributed by atoms with Gasteiger partial charge >= 0.3 is 0 Å². The van der Waals surface area contributed by atoms with Gasteiger partial charge in [0.25, 0.3) is 0 Å². The highest BCUT2D eigenvalue weighted by atomic mass is 16.5. The van der Waals surface area contributed by atoms with Gasteiger partial charge in [0.05, 0.1) is 28.4 Å². The number of ether oxygens (including phenoxy) is 4. The molecule has 0 saturated carbocycles. The van der Waals surface area contributed by atoms with E-state index in [1.165, 1.54) is 11.1 Å². The fourth-order valence-electron chi connectivity index (χ4n) is 3.77. The third kappa shape index (κ3) is 3.61. The molecule has 4 nitrogen and oxygen atoms in total. The van der Waals surface area contributed by atoms with E-state index in [2.05, 4.69) is 44.2 Å². The molecule has 1 atom stereocenters. The molecule has 2 aromatic rings. The third-order valence-electron chi connectivity index (χ3n) is 5.32. The molecule has 4 heteroatoms. The predicted octanol–water partition coefficient (Wildman–Crippen LogP) is 5.19. The van der Waals surface area contributed by atoms with Crippen molar-refractivity contribution >= 4 is 12.2 Å². The number of methoxy groups -OCH3 is 4. The lowest BCUT2D eigenvalue weighted by Gasteiger charge is -2.27. The van der Waals surface area contributed by atoms with Crippen molar-refractivity contribution < 1.29 is 18.9 Å². The number of fused-ring (bicyclic) bond motifs is 2. The molecule has 0 bridgehead atoms. The monoisotopic (exact) mass is 368 g/mol. The maximum absolute atomic E-state index is 5.55. The molecule has 0 spiro atoms. The highest BCUT2D eigenvalue weighted by molar-refractivity contribution is 5.77. The van der Waals surface area contributed by atoms with E-state index < -0.39 is 0 Å². The Bertz CT molecular complexity index is 852. The van der Waals surface area contributed by atoms with Gasteiger partial charge in [-0.2, -0.15) is 0 Å². The Kier molecular flexibility index (Phi) is 5.64. The maximum atomic E-state index is 5.55. The minimum Gasteiger partial charge on any atom is -0.493 e. The predicted molar refractivity (Wildman–Crippen MR) is 109 cm³/mol. The van der Waals surface area contributed by atoms with Crippen LogP contribution in [0, 0.1) is 5.92 Å². The molecular formula is C23H28O4. The SMILES string of the molecule is COc1cc2c(cc1OC)CC(C(C)C)c1cc(OC)c(OC)cc1C=C2. The largest absolute Gasteiger partial charge is 0.493 e. The summed E-state index contributed by atoms with van der Waals surface area (Å²) in [5.41, 5.74) is 4.84. The van der Waals surface area contributed by atoms with Crippen LogP contribution in [-0.2, 0) is 6.42 Å². The quantitative estimate of drug-likeness (QED) is 0.728. The number of benzene rings is 2. The summed E-state index contributed by atoms with van der Waals surface area (Å²) in [6, 6.07) is 8.33. The van der Waals surface area contributed by atoms with Crippen LogP contribution < -0.4 is 18.9 Å². The van der Waals surface area contributed by atoms with Crippen molar-refractivity contribution in [3.8, 4) is 23.0 Å². The normalized spacial score (nSPS) is 15.4. The van der Waals surface area contributed by atoms with Gasteiger partial charge in [0, 0.05) is 0 Å². The Morgan fingerprint density at radius 1 is 0.704 bits per heavy atom. The molecule has 1 unspecified atom stereocenters. The van der Waals surface area contributed by atoms with E-state index in [1.807, 2.05) is 6.07 Å². The van der Waals surface area contributed by atoms with Crippen LogP contribution in [0.1, 0.15) is 42.0 Å². The van der Waals surface area contributed by atoms with Crippen LogP contribution >= 0.6 is 0 Å². The van der Waals surface area contributed by atoms with Gasteiger partial charge < -0.3 is 18.9 Å². The van der Waals surface area contributed by atoms with Crippen molar-refractivity contribution in [2.75, 3.05) is 28.4 Å². The van der Waals surface area contributed by atoms with Crippen LogP contribution in [-0.4, -0.2) is 28.4 Å². The van der Waals surface area contributed by atoms with Crippen LogP contribution in [0.15, 0.2) is 24.3 Å². The van der Waals surface area contributed by atoms with Gasteiger partial charge in [-0.25, -0.2) is 0 Å². The summed E-state index contributed by atoms with van der Waals surface area (Å²) in [4.78, 5) is 0. The molecule has 144 valence electrons. The van der Waals surface area contributed by atoms with Gasteiger partial charge in [-0.05, 0) is 64.8 Å². The van der Waals surface area contributed by atoms with Crippen molar-refractivity contribution in [1.82, 2.24) is 0 Å². The Morgan fingerprint density at radius 3 is 1.74 bits per heavy atom. The molecule has 1 aliphatic carbocycles. The molecule has 0 saturated heterocycles. The average molecular weight is 368 g/mol. The minimum atomic E-state index is 0.349. The summed E-state index contributed by atoms with van der Waals surface area (Å²) in [5, 5.41) is 0. The molecule has 0 N–H and O–H groups in total. The minimum absolute atomic E-state index is 0.349. The first-order chi connectivity index (χ1) is 13.0. The molecule has 0 fully saturated rings. The lowest BCUT2D eigenvalue weighted by atomic mass is 9.78. The molecule has 2 aromatic carbocycles. The van der Waals surface area contributed by atoms with E-state index in [1.54, 1.807) is 28.4 Å². The van der Waals surface area contributed by atoms with E-state index in [0.717, 1.165) is 40.5 Å². The topological polar surface area (TPSA) is 36.9 Å². The Balaban J connectivity index is 2.21. The van der Waals surface area contributed by atoms with Crippen LogP contribution in [0.3, 0.4) is 0 Å². The lowest BCUT2D eigenvalue weighted by Crippen LogP contribution is -2.14. The molecule has 0 aliphatic heterocycles. The van der Waals surface area contributed by atoms with Crippen molar-refractivity contribution in [2.24, 2.45) is 5.92 Å². The van der Waals surface area contributed by atoms with E-state index in [9.17, 15) is 0 Å².